The molecule has 0 aliphatic heterocycles. The van der Waals surface area contributed by atoms with E-state index in [9.17, 15) is 13.2 Å². The molecule has 17 heavy (non-hydrogen) atoms. The lowest BCUT2D eigenvalue weighted by Crippen LogP contribution is -2.31. The van der Waals surface area contributed by atoms with Crippen molar-refractivity contribution in [2.45, 2.75) is 31.9 Å². The third-order valence-electron chi connectivity index (χ3n) is 2.47. The molecular weight excluding hydrogens is 231 g/mol. The summed E-state index contributed by atoms with van der Waals surface area (Å²) in [7, 11) is 0. The molecule has 2 atom stereocenters. The van der Waals surface area contributed by atoms with E-state index in [0.29, 0.717) is 6.42 Å². The molecule has 1 aromatic rings. The van der Waals surface area contributed by atoms with Crippen LogP contribution in [0.2, 0.25) is 0 Å². The molecule has 0 amide bonds. The van der Waals surface area contributed by atoms with Crippen LogP contribution in [0.15, 0.2) is 24.3 Å². The minimum Gasteiger partial charge on any atom is -0.366 e. The van der Waals surface area contributed by atoms with Crippen LogP contribution in [0.1, 0.15) is 25.0 Å². The summed E-state index contributed by atoms with van der Waals surface area (Å²) >= 11 is 0. The Balaban J connectivity index is 2.86. The minimum absolute atomic E-state index is 0.225. The zero-order chi connectivity index (χ0) is 12.8. The molecule has 0 radical (unpaired) electrons. The van der Waals surface area contributed by atoms with Crippen molar-refractivity contribution in [1.82, 2.24) is 0 Å². The second-order valence-corrected chi connectivity index (χ2v) is 3.74. The van der Waals surface area contributed by atoms with E-state index >= 15 is 0 Å². The maximum Gasteiger partial charge on any atom is 0.261 e. The molecule has 5 heteroatoms. The Kier molecular flexibility index (Phi) is 5.44. The first kappa shape index (κ1) is 14.0. The van der Waals surface area contributed by atoms with E-state index in [0.717, 1.165) is 0 Å². The van der Waals surface area contributed by atoms with Gasteiger partial charge in [-0.3, -0.25) is 0 Å². The molecule has 0 spiro atoms. The molecule has 0 aromatic heterocycles. The topological polar surface area (TPSA) is 35.2 Å². The minimum atomic E-state index is -2.59. The second-order valence-electron chi connectivity index (χ2n) is 3.74. The van der Waals surface area contributed by atoms with Gasteiger partial charge in [-0.1, -0.05) is 25.1 Å². The van der Waals surface area contributed by atoms with Crippen molar-refractivity contribution in [3.63, 3.8) is 0 Å². The lowest BCUT2D eigenvalue weighted by molar-refractivity contribution is -0.0363. The van der Waals surface area contributed by atoms with Gasteiger partial charge in [0, 0.05) is 11.6 Å². The van der Waals surface area contributed by atoms with Crippen molar-refractivity contribution < 1.29 is 17.9 Å². The number of ether oxygens (including phenoxy) is 1. The lowest BCUT2D eigenvalue weighted by Gasteiger charge is -2.24. The Hall–Kier alpha value is -1.07. The largest absolute Gasteiger partial charge is 0.366 e. The number of benzene rings is 1. The molecule has 0 aliphatic carbocycles. The van der Waals surface area contributed by atoms with Crippen molar-refractivity contribution in [3.05, 3.63) is 35.6 Å². The highest BCUT2D eigenvalue weighted by molar-refractivity contribution is 5.21. The first-order valence-corrected chi connectivity index (χ1v) is 5.46. The zero-order valence-corrected chi connectivity index (χ0v) is 9.58. The Bertz CT molecular complexity index is 346. The first-order valence-electron chi connectivity index (χ1n) is 5.46. The molecule has 2 unspecified atom stereocenters. The Morgan fingerprint density at radius 1 is 1.29 bits per heavy atom. The fraction of sp³-hybridized carbons (Fsp3) is 0.500. The van der Waals surface area contributed by atoms with E-state index in [1.807, 2.05) is 0 Å². The van der Waals surface area contributed by atoms with Crippen molar-refractivity contribution in [2.24, 2.45) is 5.73 Å². The highest BCUT2D eigenvalue weighted by Gasteiger charge is 2.23. The van der Waals surface area contributed by atoms with E-state index in [2.05, 4.69) is 0 Å². The predicted molar refractivity (Wildman–Crippen MR) is 59.4 cm³/mol. The summed E-state index contributed by atoms with van der Waals surface area (Å²) in [4.78, 5) is 0. The normalized spacial score (nSPS) is 14.9. The summed E-state index contributed by atoms with van der Waals surface area (Å²) < 4.78 is 42.8. The van der Waals surface area contributed by atoms with Crippen LogP contribution in [0.25, 0.3) is 0 Å². The smallest absolute Gasteiger partial charge is 0.261 e. The quantitative estimate of drug-likeness (QED) is 0.838. The molecule has 0 heterocycles. The van der Waals surface area contributed by atoms with Crippen LogP contribution in [-0.4, -0.2) is 19.1 Å². The third kappa shape index (κ3) is 4.02. The summed E-state index contributed by atoms with van der Waals surface area (Å²) in [5.41, 5.74) is 5.99. The highest BCUT2D eigenvalue weighted by Crippen LogP contribution is 2.25. The number of halogens is 3. The van der Waals surface area contributed by atoms with Crippen LogP contribution in [0.3, 0.4) is 0 Å². The molecule has 1 rings (SSSR count). The van der Waals surface area contributed by atoms with Crippen molar-refractivity contribution in [2.75, 3.05) is 6.61 Å². The zero-order valence-electron chi connectivity index (χ0n) is 9.58. The summed E-state index contributed by atoms with van der Waals surface area (Å²) in [6, 6.07) is 5.41. The molecule has 2 N–H and O–H groups in total. The third-order valence-corrected chi connectivity index (χ3v) is 2.47. The number of hydrogen-bond donors (Lipinski definition) is 1. The average molecular weight is 247 g/mol. The molecule has 1 aromatic carbocycles. The van der Waals surface area contributed by atoms with Crippen LogP contribution in [0.5, 0.6) is 0 Å². The highest BCUT2D eigenvalue weighted by atomic mass is 19.3. The van der Waals surface area contributed by atoms with Gasteiger partial charge in [0.2, 0.25) is 0 Å². The van der Waals surface area contributed by atoms with Gasteiger partial charge in [0.15, 0.2) is 0 Å². The SMILES string of the molecule is CCC(N)C(OCC(F)F)c1ccccc1F. The second kappa shape index (κ2) is 6.61. The molecule has 0 aliphatic rings. The maximum atomic E-state index is 13.5. The number of rotatable bonds is 6. The van der Waals surface area contributed by atoms with Gasteiger partial charge in [0.25, 0.3) is 6.43 Å². The summed E-state index contributed by atoms with van der Waals surface area (Å²) in [5, 5.41) is 0. The Labute approximate surface area is 98.6 Å². The molecule has 96 valence electrons. The van der Waals surface area contributed by atoms with Gasteiger partial charge in [-0.15, -0.1) is 0 Å². The molecule has 2 nitrogen and oxygen atoms in total. The Morgan fingerprint density at radius 3 is 2.47 bits per heavy atom. The fourth-order valence-corrected chi connectivity index (χ4v) is 1.54. The van der Waals surface area contributed by atoms with Gasteiger partial charge >= 0.3 is 0 Å². The van der Waals surface area contributed by atoms with Gasteiger partial charge in [0.05, 0.1) is 0 Å². The van der Waals surface area contributed by atoms with Crippen LogP contribution < -0.4 is 5.73 Å². The van der Waals surface area contributed by atoms with E-state index in [4.69, 9.17) is 10.5 Å². The van der Waals surface area contributed by atoms with Crippen LogP contribution in [-0.2, 0) is 4.74 Å². The number of hydrogen-bond acceptors (Lipinski definition) is 2. The number of alkyl halides is 2. The van der Waals surface area contributed by atoms with Gasteiger partial charge in [-0.05, 0) is 12.5 Å². The number of nitrogens with two attached hydrogens (primary N) is 1. The van der Waals surface area contributed by atoms with Gasteiger partial charge < -0.3 is 10.5 Å². The monoisotopic (exact) mass is 247 g/mol. The average Bonchev–Trinajstić information content (AvgIpc) is 2.30. The summed E-state index contributed by atoms with van der Waals surface area (Å²) in [6.07, 6.45) is -2.91. The fourth-order valence-electron chi connectivity index (χ4n) is 1.54. The van der Waals surface area contributed by atoms with Crippen LogP contribution in [0.4, 0.5) is 13.2 Å². The van der Waals surface area contributed by atoms with Crippen molar-refractivity contribution in [3.8, 4) is 0 Å². The van der Waals surface area contributed by atoms with Crippen LogP contribution in [0, 0.1) is 5.82 Å². The van der Waals surface area contributed by atoms with Crippen molar-refractivity contribution >= 4 is 0 Å². The molecule has 0 fully saturated rings. The molecule has 0 saturated carbocycles. The summed E-state index contributed by atoms with van der Waals surface area (Å²) in [6.45, 7) is 1.05. The van der Waals surface area contributed by atoms with E-state index in [1.165, 1.54) is 18.2 Å². The van der Waals surface area contributed by atoms with Gasteiger partial charge in [0.1, 0.15) is 18.5 Å². The molecule has 0 bridgehead atoms. The van der Waals surface area contributed by atoms with E-state index < -0.39 is 31.0 Å². The van der Waals surface area contributed by atoms with Gasteiger partial charge in [-0.2, -0.15) is 0 Å². The lowest BCUT2D eigenvalue weighted by atomic mass is 10.0. The van der Waals surface area contributed by atoms with Gasteiger partial charge in [-0.25, -0.2) is 13.2 Å². The maximum absolute atomic E-state index is 13.5. The molecule has 0 saturated heterocycles. The van der Waals surface area contributed by atoms with Crippen molar-refractivity contribution in [1.29, 1.82) is 0 Å². The molecular formula is C12H16F3NO. The first-order chi connectivity index (χ1) is 8.06. The standard InChI is InChI=1S/C12H16F3NO/c1-2-10(16)12(17-7-11(14)15)8-5-3-4-6-9(8)13/h3-6,10-12H,2,7,16H2,1H3. The van der Waals surface area contributed by atoms with E-state index in [-0.39, 0.29) is 5.56 Å². The van der Waals surface area contributed by atoms with Crippen LogP contribution >= 0.6 is 0 Å². The van der Waals surface area contributed by atoms with E-state index in [1.54, 1.807) is 13.0 Å². The summed E-state index contributed by atoms with van der Waals surface area (Å²) in [5.74, 6) is -0.490. The predicted octanol–water partition coefficient (Wildman–Crippen LogP) is 2.89. The Morgan fingerprint density at radius 2 is 1.94 bits per heavy atom.